The van der Waals surface area contributed by atoms with Gasteiger partial charge in [-0.25, -0.2) is 4.79 Å². The molecule has 2 heterocycles. The van der Waals surface area contributed by atoms with E-state index in [0.29, 0.717) is 43.5 Å². The Kier molecular flexibility index (Phi) is 5.81. The average molecular weight is 393 g/mol. The molecule has 1 aromatic carbocycles. The molecule has 0 spiro atoms. The van der Waals surface area contributed by atoms with Crippen LogP contribution in [0.2, 0.25) is 0 Å². The fraction of sp³-hybridized carbons (Fsp3) is 0.632. The quantitative estimate of drug-likeness (QED) is 0.618. The van der Waals surface area contributed by atoms with Crippen LogP contribution in [0, 0.1) is 10.1 Å². The summed E-state index contributed by atoms with van der Waals surface area (Å²) in [5, 5.41) is 14.8. The number of hydrogen-bond acceptors (Lipinski definition) is 7. The molecular formula is C19H27N3O6. The van der Waals surface area contributed by atoms with Crippen LogP contribution in [-0.4, -0.2) is 53.9 Å². The Hall–Kier alpha value is -2.71. The van der Waals surface area contributed by atoms with Crippen molar-refractivity contribution in [2.75, 3.05) is 31.6 Å². The van der Waals surface area contributed by atoms with E-state index in [2.05, 4.69) is 5.32 Å². The summed E-state index contributed by atoms with van der Waals surface area (Å²) in [5.74, 6) is 0.838. The van der Waals surface area contributed by atoms with Gasteiger partial charge in [-0.1, -0.05) is 0 Å². The van der Waals surface area contributed by atoms with Crippen LogP contribution in [0.25, 0.3) is 0 Å². The number of nitro groups is 1. The van der Waals surface area contributed by atoms with Crippen molar-refractivity contribution in [3.8, 4) is 11.5 Å². The van der Waals surface area contributed by atoms with Gasteiger partial charge in [0.2, 0.25) is 0 Å². The molecule has 1 saturated heterocycles. The van der Waals surface area contributed by atoms with Gasteiger partial charge in [0.15, 0.2) is 17.2 Å². The zero-order valence-electron chi connectivity index (χ0n) is 16.5. The fourth-order valence-corrected chi connectivity index (χ4v) is 3.35. The second-order valence-electron chi connectivity index (χ2n) is 8.00. The van der Waals surface area contributed by atoms with Crippen molar-refractivity contribution in [2.45, 2.75) is 51.7 Å². The van der Waals surface area contributed by atoms with Crippen molar-refractivity contribution in [1.29, 1.82) is 0 Å². The van der Waals surface area contributed by atoms with Gasteiger partial charge in [0.05, 0.1) is 4.92 Å². The van der Waals surface area contributed by atoms with E-state index < -0.39 is 10.5 Å². The lowest BCUT2D eigenvalue weighted by molar-refractivity contribution is -0.384. The molecule has 0 aromatic heterocycles. The van der Waals surface area contributed by atoms with Crippen LogP contribution in [0.5, 0.6) is 11.5 Å². The first-order valence-corrected chi connectivity index (χ1v) is 9.56. The van der Waals surface area contributed by atoms with Gasteiger partial charge in [-0.2, -0.15) is 0 Å². The van der Waals surface area contributed by atoms with Gasteiger partial charge in [0.1, 0.15) is 18.8 Å². The number of carbonyl (C=O) groups excluding carboxylic acids is 1. The Morgan fingerprint density at radius 1 is 1.29 bits per heavy atom. The molecule has 0 saturated carbocycles. The highest BCUT2D eigenvalue weighted by Crippen LogP contribution is 2.44. The Bertz CT molecular complexity index is 746. The van der Waals surface area contributed by atoms with Crippen molar-refractivity contribution in [2.24, 2.45) is 0 Å². The molecule has 1 atom stereocenters. The standard InChI is InChI=1S/C19H27N3O6/c1-19(2,3)28-18(23)21-9-5-4-6-13(12-21)20-16-14(22(24)25)7-8-15-17(16)27-11-10-26-15/h7-8,13,20H,4-6,9-12H2,1-3H3/t13-/m1/s1. The van der Waals surface area contributed by atoms with E-state index in [4.69, 9.17) is 14.2 Å². The minimum Gasteiger partial charge on any atom is -0.486 e. The summed E-state index contributed by atoms with van der Waals surface area (Å²) >= 11 is 0. The predicted octanol–water partition coefficient (Wildman–Crippen LogP) is 3.57. The summed E-state index contributed by atoms with van der Waals surface area (Å²) in [6, 6.07) is 2.81. The SMILES string of the molecule is CC(C)(C)OC(=O)N1CCCC[C@@H](Nc2c([N+](=O)[O-])ccc3c2OCCO3)C1. The minimum atomic E-state index is -0.575. The third-order valence-electron chi connectivity index (χ3n) is 4.56. The number of fused-ring (bicyclic) bond motifs is 1. The fourth-order valence-electron chi connectivity index (χ4n) is 3.35. The van der Waals surface area contributed by atoms with Crippen molar-refractivity contribution < 1.29 is 23.9 Å². The van der Waals surface area contributed by atoms with Gasteiger partial charge in [-0.05, 0) is 46.1 Å². The first kappa shape index (κ1) is 20.0. The van der Waals surface area contributed by atoms with Gasteiger partial charge in [0.25, 0.3) is 5.69 Å². The van der Waals surface area contributed by atoms with E-state index in [-0.39, 0.29) is 17.8 Å². The molecule has 2 aliphatic heterocycles. The zero-order valence-corrected chi connectivity index (χ0v) is 16.5. The Morgan fingerprint density at radius 2 is 2.04 bits per heavy atom. The summed E-state index contributed by atoms with van der Waals surface area (Å²) in [6.07, 6.45) is 2.16. The highest BCUT2D eigenvalue weighted by molar-refractivity contribution is 5.75. The third-order valence-corrected chi connectivity index (χ3v) is 4.56. The van der Waals surface area contributed by atoms with Crippen LogP contribution >= 0.6 is 0 Å². The predicted molar refractivity (Wildman–Crippen MR) is 103 cm³/mol. The maximum atomic E-state index is 12.5. The molecule has 3 rings (SSSR count). The van der Waals surface area contributed by atoms with Gasteiger partial charge in [-0.15, -0.1) is 0 Å². The van der Waals surface area contributed by atoms with Crippen LogP contribution in [0.15, 0.2) is 12.1 Å². The summed E-state index contributed by atoms with van der Waals surface area (Å²) in [7, 11) is 0. The van der Waals surface area contributed by atoms with E-state index in [1.807, 2.05) is 20.8 Å². The number of nitro benzene ring substituents is 1. The molecule has 1 N–H and O–H groups in total. The number of likely N-dealkylation sites (tertiary alicyclic amines) is 1. The first-order valence-electron chi connectivity index (χ1n) is 9.56. The Balaban J connectivity index is 1.82. The van der Waals surface area contributed by atoms with E-state index >= 15 is 0 Å². The highest BCUT2D eigenvalue weighted by Gasteiger charge is 2.30. The molecule has 0 radical (unpaired) electrons. The zero-order chi connectivity index (χ0) is 20.3. The maximum Gasteiger partial charge on any atom is 0.410 e. The lowest BCUT2D eigenvalue weighted by Crippen LogP contribution is -2.42. The smallest absolute Gasteiger partial charge is 0.410 e. The summed E-state index contributed by atoms with van der Waals surface area (Å²) in [6.45, 7) is 7.22. The second-order valence-corrected chi connectivity index (χ2v) is 8.00. The molecule has 9 nitrogen and oxygen atoms in total. The van der Waals surface area contributed by atoms with Crippen LogP contribution in [-0.2, 0) is 4.74 Å². The van der Waals surface area contributed by atoms with Gasteiger partial charge in [-0.3, -0.25) is 10.1 Å². The van der Waals surface area contributed by atoms with Gasteiger partial charge >= 0.3 is 6.09 Å². The molecule has 154 valence electrons. The number of anilines is 1. The van der Waals surface area contributed by atoms with E-state index in [1.54, 1.807) is 11.0 Å². The minimum absolute atomic E-state index is 0.0719. The number of benzene rings is 1. The Morgan fingerprint density at radius 3 is 2.75 bits per heavy atom. The number of nitrogens with one attached hydrogen (secondary N) is 1. The molecule has 2 aliphatic rings. The van der Waals surface area contributed by atoms with E-state index in [0.717, 1.165) is 19.3 Å². The summed E-state index contributed by atoms with van der Waals surface area (Å²) in [4.78, 5) is 25.2. The van der Waals surface area contributed by atoms with Crippen LogP contribution in [0.4, 0.5) is 16.2 Å². The molecule has 1 amide bonds. The van der Waals surface area contributed by atoms with E-state index in [1.165, 1.54) is 6.07 Å². The normalized spacial score (nSPS) is 19.5. The molecule has 1 fully saturated rings. The van der Waals surface area contributed by atoms with Crippen LogP contribution in [0.1, 0.15) is 40.0 Å². The molecule has 9 heteroatoms. The number of ether oxygens (including phenoxy) is 3. The number of carbonyl (C=O) groups is 1. The number of hydrogen-bond donors (Lipinski definition) is 1. The van der Waals surface area contributed by atoms with Crippen LogP contribution in [0.3, 0.4) is 0 Å². The van der Waals surface area contributed by atoms with Crippen LogP contribution < -0.4 is 14.8 Å². The van der Waals surface area contributed by atoms with E-state index in [9.17, 15) is 14.9 Å². The molecule has 1 aromatic rings. The second kappa shape index (κ2) is 8.12. The Labute approximate surface area is 164 Å². The number of rotatable bonds is 3. The highest BCUT2D eigenvalue weighted by atomic mass is 16.6. The average Bonchev–Trinajstić information content (AvgIpc) is 2.86. The van der Waals surface area contributed by atoms with Gasteiger partial charge < -0.3 is 24.4 Å². The van der Waals surface area contributed by atoms with Crippen molar-refractivity contribution >= 4 is 17.5 Å². The molecule has 28 heavy (non-hydrogen) atoms. The number of amides is 1. The lowest BCUT2D eigenvalue weighted by Gasteiger charge is -2.29. The maximum absolute atomic E-state index is 12.5. The third kappa shape index (κ3) is 4.76. The topological polar surface area (TPSA) is 103 Å². The monoisotopic (exact) mass is 393 g/mol. The lowest BCUT2D eigenvalue weighted by atomic mass is 10.1. The van der Waals surface area contributed by atoms with Crippen molar-refractivity contribution in [1.82, 2.24) is 4.90 Å². The molecule has 0 bridgehead atoms. The summed E-state index contributed by atoms with van der Waals surface area (Å²) < 4.78 is 16.7. The van der Waals surface area contributed by atoms with Gasteiger partial charge in [0, 0.05) is 25.2 Å². The molecule has 0 aliphatic carbocycles. The summed E-state index contributed by atoms with van der Waals surface area (Å²) in [5.41, 5.74) is -0.343. The van der Waals surface area contributed by atoms with Crippen molar-refractivity contribution in [3.63, 3.8) is 0 Å². The number of nitrogens with zero attached hydrogens (tertiary/aromatic N) is 2. The molecular weight excluding hydrogens is 366 g/mol. The largest absolute Gasteiger partial charge is 0.486 e. The van der Waals surface area contributed by atoms with Crippen molar-refractivity contribution in [3.05, 3.63) is 22.2 Å². The first-order chi connectivity index (χ1) is 13.2. The molecule has 0 unspecified atom stereocenters.